The van der Waals surface area contributed by atoms with Crippen LogP contribution in [0.15, 0.2) is 18.2 Å². The van der Waals surface area contributed by atoms with Gasteiger partial charge in [0.05, 0.1) is 25.5 Å². The molecule has 1 rings (SSSR count). The zero-order valence-corrected chi connectivity index (χ0v) is 12.2. The molecule has 0 unspecified atom stereocenters. The van der Waals surface area contributed by atoms with Crippen LogP contribution in [0.3, 0.4) is 0 Å². The maximum atomic E-state index is 11.8. The normalized spacial score (nSPS) is 10.3. The van der Waals surface area contributed by atoms with Crippen LogP contribution >= 0.6 is 0 Å². The molecule has 0 spiro atoms. The third kappa shape index (κ3) is 5.07. The maximum Gasteiger partial charge on any atom is 0.253 e. The number of methoxy groups -OCH3 is 1. The Morgan fingerprint density at radius 2 is 1.90 bits per heavy atom. The summed E-state index contributed by atoms with van der Waals surface area (Å²) in [4.78, 5) is 13.3. The number of anilines is 1. The Morgan fingerprint density at radius 1 is 1.20 bits per heavy atom. The number of benzene rings is 1. The Kier molecular flexibility index (Phi) is 6.83. The fourth-order valence-electron chi connectivity index (χ4n) is 1.53. The molecule has 1 amide bonds. The summed E-state index contributed by atoms with van der Waals surface area (Å²) in [6, 6.07) is 5.00. The molecule has 112 valence electrons. The first kappa shape index (κ1) is 16.3. The second kappa shape index (κ2) is 8.39. The second-order valence-electron chi connectivity index (χ2n) is 4.41. The summed E-state index contributed by atoms with van der Waals surface area (Å²) in [5, 5.41) is 0. The largest absolute Gasteiger partial charge is 0.489 e. The van der Waals surface area contributed by atoms with E-state index in [-0.39, 0.29) is 5.91 Å². The van der Waals surface area contributed by atoms with Gasteiger partial charge in [-0.3, -0.25) is 4.79 Å². The number of nitrogen functional groups attached to an aromatic ring is 1. The highest BCUT2D eigenvalue weighted by atomic mass is 16.5. The van der Waals surface area contributed by atoms with E-state index in [2.05, 4.69) is 0 Å². The molecule has 0 saturated carbocycles. The number of ether oxygens (including phenoxy) is 3. The van der Waals surface area contributed by atoms with Gasteiger partial charge in [-0.05, 0) is 18.2 Å². The van der Waals surface area contributed by atoms with E-state index in [4.69, 9.17) is 19.9 Å². The maximum absolute atomic E-state index is 11.8. The molecule has 0 radical (unpaired) electrons. The molecule has 0 aromatic heterocycles. The van der Waals surface area contributed by atoms with E-state index in [1.165, 1.54) is 4.90 Å². The summed E-state index contributed by atoms with van der Waals surface area (Å²) in [7, 11) is 5.01. The average molecular weight is 282 g/mol. The van der Waals surface area contributed by atoms with Gasteiger partial charge in [-0.25, -0.2) is 0 Å². The van der Waals surface area contributed by atoms with Crippen LogP contribution in [-0.4, -0.2) is 58.4 Å². The number of hydrogen-bond donors (Lipinski definition) is 1. The molecule has 0 bridgehead atoms. The molecule has 0 aliphatic carbocycles. The van der Waals surface area contributed by atoms with Crippen molar-refractivity contribution in [2.45, 2.75) is 0 Å². The van der Waals surface area contributed by atoms with Crippen molar-refractivity contribution in [3.63, 3.8) is 0 Å². The summed E-state index contributed by atoms with van der Waals surface area (Å²) in [5.74, 6) is 0.460. The highest BCUT2D eigenvalue weighted by Gasteiger charge is 2.10. The third-order valence-corrected chi connectivity index (χ3v) is 2.58. The van der Waals surface area contributed by atoms with Gasteiger partial charge in [0, 0.05) is 26.8 Å². The molecule has 6 heteroatoms. The highest BCUT2D eigenvalue weighted by molar-refractivity contribution is 5.95. The van der Waals surface area contributed by atoms with Crippen molar-refractivity contribution >= 4 is 11.6 Å². The molecular formula is C14H22N2O4. The van der Waals surface area contributed by atoms with Crippen molar-refractivity contribution < 1.29 is 19.0 Å². The van der Waals surface area contributed by atoms with Crippen LogP contribution in [0.4, 0.5) is 5.69 Å². The van der Waals surface area contributed by atoms with E-state index in [0.717, 1.165) is 0 Å². The molecule has 0 saturated heterocycles. The van der Waals surface area contributed by atoms with E-state index in [0.29, 0.717) is 43.4 Å². The van der Waals surface area contributed by atoms with Gasteiger partial charge < -0.3 is 24.8 Å². The predicted octanol–water partition coefficient (Wildman–Crippen LogP) is 1.01. The molecule has 6 nitrogen and oxygen atoms in total. The first-order valence-corrected chi connectivity index (χ1v) is 6.37. The monoisotopic (exact) mass is 282 g/mol. The van der Waals surface area contributed by atoms with Gasteiger partial charge >= 0.3 is 0 Å². The fourth-order valence-corrected chi connectivity index (χ4v) is 1.53. The number of nitrogens with zero attached hydrogens (tertiary/aromatic N) is 1. The van der Waals surface area contributed by atoms with Crippen molar-refractivity contribution in [1.82, 2.24) is 4.90 Å². The zero-order chi connectivity index (χ0) is 15.0. The van der Waals surface area contributed by atoms with Crippen LogP contribution in [0.25, 0.3) is 0 Å². The van der Waals surface area contributed by atoms with Crippen LogP contribution in [0.2, 0.25) is 0 Å². The summed E-state index contributed by atoms with van der Waals surface area (Å²) < 4.78 is 15.6. The third-order valence-electron chi connectivity index (χ3n) is 2.58. The van der Waals surface area contributed by atoms with Gasteiger partial charge in [-0.2, -0.15) is 0 Å². The van der Waals surface area contributed by atoms with Crippen LogP contribution in [-0.2, 0) is 9.47 Å². The lowest BCUT2D eigenvalue weighted by Crippen LogP contribution is -2.21. The van der Waals surface area contributed by atoms with Crippen LogP contribution in [0.1, 0.15) is 10.4 Å². The molecule has 0 atom stereocenters. The Labute approximate surface area is 119 Å². The van der Waals surface area contributed by atoms with Gasteiger partial charge in [0.25, 0.3) is 5.91 Å². The Morgan fingerprint density at radius 3 is 2.50 bits per heavy atom. The highest BCUT2D eigenvalue weighted by Crippen LogP contribution is 2.22. The smallest absolute Gasteiger partial charge is 0.253 e. The average Bonchev–Trinajstić information content (AvgIpc) is 2.43. The van der Waals surface area contributed by atoms with Crippen LogP contribution in [0, 0.1) is 0 Å². The number of hydrogen-bond acceptors (Lipinski definition) is 5. The fraction of sp³-hybridized carbons (Fsp3) is 0.500. The lowest BCUT2D eigenvalue weighted by Gasteiger charge is -2.13. The number of carbonyl (C=O) groups is 1. The number of nitrogens with two attached hydrogens (primary N) is 1. The topological polar surface area (TPSA) is 74.0 Å². The Bertz CT molecular complexity index is 435. The summed E-state index contributed by atoms with van der Waals surface area (Å²) in [6.45, 7) is 1.95. The summed E-state index contributed by atoms with van der Waals surface area (Å²) in [6.07, 6.45) is 0. The summed E-state index contributed by atoms with van der Waals surface area (Å²) >= 11 is 0. The number of amides is 1. The van der Waals surface area contributed by atoms with E-state index < -0.39 is 0 Å². The number of rotatable bonds is 8. The summed E-state index contributed by atoms with van der Waals surface area (Å²) in [5.41, 5.74) is 6.84. The molecule has 0 heterocycles. The van der Waals surface area contributed by atoms with Crippen molar-refractivity contribution in [1.29, 1.82) is 0 Å². The van der Waals surface area contributed by atoms with Crippen molar-refractivity contribution in [2.24, 2.45) is 0 Å². The van der Waals surface area contributed by atoms with Gasteiger partial charge in [0.15, 0.2) is 0 Å². The van der Waals surface area contributed by atoms with Crippen LogP contribution < -0.4 is 10.5 Å². The Balaban J connectivity index is 2.46. The minimum Gasteiger partial charge on any atom is -0.489 e. The molecule has 0 fully saturated rings. The van der Waals surface area contributed by atoms with Crippen LogP contribution in [0.5, 0.6) is 5.75 Å². The first-order chi connectivity index (χ1) is 9.56. The SMILES string of the molecule is COCCOCCOc1ccc(C(=O)N(C)C)cc1N. The molecule has 0 aliphatic heterocycles. The van der Waals surface area contributed by atoms with Gasteiger partial charge in [0.2, 0.25) is 0 Å². The van der Waals surface area contributed by atoms with E-state index in [1.54, 1.807) is 39.4 Å². The first-order valence-electron chi connectivity index (χ1n) is 6.37. The van der Waals surface area contributed by atoms with E-state index >= 15 is 0 Å². The van der Waals surface area contributed by atoms with E-state index in [1.807, 2.05) is 0 Å². The number of carbonyl (C=O) groups excluding carboxylic acids is 1. The molecule has 20 heavy (non-hydrogen) atoms. The van der Waals surface area contributed by atoms with Gasteiger partial charge in [-0.1, -0.05) is 0 Å². The molecule has 0 aliphatic rings. The lowest BCUT2D eigenvalue weighted by molar-refractivity contribution is 0.0545. The minimum atomic E-state index is -0.0915. The standard InChI is InChI=1S/C14H22N2O4/c1-16(2)14(17)11-4-5-13(12(15)10-11)20-9-8-19-7-6-18-3/h4-5,10H,6-9,15H2,1-3H3. The predicted molar refractivity (Wildman–Crippen MR) is 77.1 cm³/mol. The van der Waals surface area contributed by atoms with Crippen molar-refractivity contribution in [3.05, 3.63) is 23.8 Å². The zero-order valence-electron chi connectivity index (χ0n) is 12.2. The Hall–Kier alpha value is -1.79. The minimum absolute atomic E-state index is 0.0915. The molecule has 2 N–H and O–H groups in total. The molecule has 1 aromatic rings. The van der Waals surface area contributed by atoms with E-state index in [9.17, 15) is 4.79 Å². The van der Waals surface area contributed by atoms with Gasteiger partial charge in [-0.15, -0.1) is 0 Å². The molecule has 1 aromatic carbocycles. The lowest BCUT2D eigenvalue weighted by atomic mass is 10.1. The van der Waals surface area contributed by atoms with Crippen molar-refractivity contribution in [2.75, 3.05) is 53.4 Å². The van der Waals surface area contributed by atoms with Crippen molar-refractivity contribution in [3.8, 4) is 5.75 Å². The quantitative estimate of drug-likeness (QED) is 0.569. The van der Waals surface area contributed by atoms with Gasteiger partial charge in [0.1, 0.15) is 12.4 Å². The molecular weight excluding hydrogens is 260 g/mol. The second-order valence-corrected chi connectivity index (χ2v) is 4.41.